The zero-order chi connectivity index (χ0) is 33.9. The number of hydrogen-bond acceptors (Lipinski definition) is 3. The van der Waals surface area contributed by atoms with Crippen molar-refractivity contribution in [3.63, 3.8) is 0 Å². The maximum absolute atomic E-state index is 6.16. The number of para-hydroxylation sites is 3. The Bertz CT molecular complexity index is 3430. The number of furan rings is 2. The molecule has 52 heavy (non-hydrogen) atoms. The van der Waals surface area contributed by atoms with Crippen molar-refractivity contribution in [3.05, 3.63) is 164 Å². The molecule has 0 bridgehead atoms. The van der Waals surface area contributed by atoms with Crippen LogP contribution in [0.3, 0.4) is 0 Å². The van der Waals surface area contributed by atoms with Gasteiger partial charge in [-0.3, -0.25) is 4.98 Å². The van der Waals surface area contributed by atoms with Gasteiger partial charge in [-0.15, -0.1) is 0 Å². The summed E-state index contributed by atoms with van der Waals surface area (Å²) in [5.74, 6) is 0. The zero-order valence-electron chi connectivity index (χ0n) is 27.7. The van der Waals surface area contributed by atoms with Crippen molar-refractivity contribution >= 4 is 87.6 Å². The van der Waals surface area contributed by atoms with Crippen LogP contribution in [-0.4, -0.2) is 14.1 Å². The Morgan fingerprint density at radius 1 is 0.346 bits per heavy atom. The Kier molecular flexibility index (Phi) is 5.44. The molecule has 0 saturated heterocycles. The van der Waals surface area contributed by atoms with Crippen LogP contribution in [0.4, 0.5) is 0 Å². The summed E-state index contributed by atoms with van der Waals surface area (Å²) < 4.78 is 17.0. The van der Waals surface area contributed by atoms with Gasteiger partial charge in [-0.1, -0.05) is 66.7 Å². The van der Waals surface area contributed by atoms with Gasteiger partial charge in [-0.2, -0.15) is 0 Å². The molecule has 5 aromatic heterocycles. The molecule has 5 heteroatoms. The Labute approximate surface area is 296 Å². The fraction of sp³-hybridized carbons (Fsp3) is 0. The third-order valence-electron chi connectivity index (χ3n) is 10.8. The first-order chi connectivity index (χ1) is 25.8. The van der Waals surface area contributed by atoms with Crippen molar-refractivity contribution < 1.29 is 8.83 Å². The van der Waals surface area contributed by atoms with E-state index < -0.39 is 0 Å². The van der Waals surface area contributed by atoms with Crippen molar-refractivity contribution in [3.8, 4) is 22.5 Å². The zero-order valence-corrected chi connectivity index (χ0v) is 27.7. The van der Waals surface area contributed by atoms with Gasteiger partial charge < -0.3 is 18.0 Å². The van der Waals surface area contributed by atoms with E-state index in [-0.39, 0.29) is 0 Å². The molecule has 0 saturated carbocycles. The average molecular weight is 666 g/mol. The number of rotatable bonds is 3. The number of nitrogens with zero attached hydrogens (tertiary/aromatic N) is 3. The fourth-order valence-corrected chi connectivity index (χ4v) is 8.43. The van der Waals surface area contributed by atoms with E-state index in [1.54, 1.807) is 0 Å². The van der Waals surface area contributed by atoms with E-state index in [1.807, 2.05) is 36.5 Å². The minimum atomic E-state index is 0.885. The molecule has 0 unspecified atom stereocenters. The summed E-state index contributed by atoms with van der Waals surface area (Å²) in [7, 11) is 0. The van der Waals surface area contributed by atoms with Crippen LogP contribution in [0.1, 0.15) is 0 Å². The van der Waals surface area contributed by atoms with Gasteiger partial charge in [-0.05, 0) is 102 Å². The van der Waals surface area contributed by atoms with Gasteiger partial charge >= 0.3 is 0 Å². The summed E-state index contributed by atoms with van der Waals surface area (Å²) in [5, 5.41) is 8.03. The summed E-state index contributed by atoms with van der Waals surface area (Å²) in [6.07, 6.45) is 1.89. The number of benzene rings is 7. The minimum Gasteiger partial charge on any atom is -0.456 e. The number of pyridine rings is 1. The molecule has 12 aromatic rings. The first-order valence-electron chi connectivity index (χ1n) is 17.5. The monoisotopic (exact) mass is 665 g/mol. The number of fused-ring (bicyclic) bond motifs is 12. The van der Waals surface area contributed by atoms with Crippen LogP contribution in [0.15, 0.2) is 173 Å². The second kappa shape index (κ2) is 10.2. The highest BCUT2D eigenvalue weighted by atomic mass is 16.3. The van der Waals surface area contributed by atoms with Crippen molar-refractivity contribution in [2.45, 2.75) is 0 Å². The third kappa shape index (κ3) is 3.79. The summed E-state index contributed by atoms with van der Waals surface area (Å²) >= 11 is 0. The average Bonchev–Trinajstić information content (AvgIpc) is 3.94. The summed E-state index contributed by atoms with van der Waals surface area (Å²) in [5.41, 5.74) is 13.6. The molecule has 0 aliphatic heterocycles. The standard InChI is InChI=1S/C47H27N3O2/c1-4-11-39-32(8-1)35-24-28(29-16-21-45-36(25-29)33-9-2-5-13-43(33)51-45)15-19-40(35)49(39)30-17-20-41-38(27-30)47-42(12-7-23-48-47)50(41)31-18-22-46-37(26-31)34-10-3-6-14-44(34)52-46/h1-27H. The lowest BCUT2D eigenvalue weighted by molar-refractivity contribution is 0.668. The largest absolute Gasteiger partial charge is 0.456 e. The maximum Gasteiger partial charge on any atom is 0.135 e. The molecule has 0 fully saturated rings. The molecule has 5 heterocycles. The van der Waals surface area contributed by atoms with Crippen LogP contribution < -0.4 is 0 Å². The summed E-state index contributed by atoms with van der Waals surface area (Å²) in [4.78, 5) is 4.93. The Balaban J connectivity index is 1.05. The molecular formula is C47H27N3O2. The molecular weight excluding hydrogens is 639 g/mol. The highest BCUT2D eigenvalue weighted by Crippen LogP contribution is 2.40. The lowest BCUT2D eigenvalue weighted by Gasteiger charge is -2.11. The Morgan fingerprint density at radius 2 is 0.846 bits per heavy atom. The third-order valence-corrected chi connectivity index (χ3v) is 10.8. The summed E-state index contributed by atoms with van der Waals surface area (Å²) in [6, 6.07) is 55.9. The van der Waals surface area contributed by atoms with Gasteiger partial charge in [0.2, 0.25) is 0 Å². The molecule has 7 aromatic carbocycles. The van der Waals surface area contributed by atoms with E-state index in [2.05, 4.69) is 137 Å². The van der Waals surface area contributed by atoms with Crippen LogP contribution in [0.2, 0.25) is 0 Å². The molecule has 0 radical (unpaired) electrons. The van der Waals surface area contributed by atoms with Crippen LogP contribution in [-0.2, 0) is 0 Å². The highest BCUT2D eigenvalue weighted by molar-refractivity contribution is 6.13. The fourth-order valence-electron chi connectivity index (χ4n) is 8.43. The Morgan fingerprint density at radius 3 is 1.63 bits per heavy atom. The molecule has 0 spiro atoms. The highest BCUT2D eigenvalue weighted by Gasteiger charge is 2.19. The quantitative estimate of drug-likeness (QED) is 0.189. The predicted molar refractivity (Wildman–Crippen MR) is 213 cm³/mol. The second-order valence-electron chi connectivity index (χ2n) is 13.6. The van der Waals surface area contributed by atoms with E-state index >= 15 is 0 Å². The van der Waals surface area contributed by atoms with Crippen molar-refractivity contribution in [1.82, 2.24) is 14.1 Å². The van der Waals surface area contributed by atoms with Gasteiger partial charge in [0.15, 0.2) is 0 Å². The van der Waals surface area contributed by atoms with E-state index in [0.29, 0.717) is 0 Å². The number of aromatic nitrogens is 3. The lowest BCUT2D eigenvalue weighted by Crippen LogP contribution is -1.95. The topological polar surface area (TPSA) is 49.0 Å². The second-order valence-corrected chi connectivity index (χ2v) is 13.6. The van der Waals surface area contributed by atoms with E-state index in [1.165, 1.54) is 27.4 Å². The van der Waals surface area contributed by atoms with E-state index in [9.17, 15) is 0 Å². The van der Waals surface area contributed by atoms with Crippen LogP contribution >= 0.6 is 0 Å². The molecule has 0 amide bonds. The van der Waals surface area contributed by atoms with Gasteiger partial charge in [0.25, 0.3) is 0 Å². The first-order valence-corrected chi connectivity index (χ1v) is 17.5. The lowest BCUT2D eigenvalue weighted by atomic mass is 10.0. The molecule has 12 rings (SSSR count). The minimum absolute atomic E-state index is 0.885. The van der Waals surface area contributed by atoms with Gasteiger partial charge in [0, 0.05) is 55.3 Å². The van der Waals surface area contributed by atoms with Gasteiger partial charge in [0.1, 0.15) is 22.3 Å². The normalized spacial score (nSPS) is 12.2. The number of hydrogen-bond donors (Lipinski definition) is 0. The molecule has 0 aliphatic carbocycles. The van der Waals surface area contributed by atoms with Crippen LogP contribution in [0.5, 0.6) is 0 Å². The molecule has 5 nitrogen and oxygen atoms in total. The van der Waals surface area contributed by atoms with Crippen LogP contribution in [0, 0.1) is 0 Å². The van der Waals surface area contributed by atoms with Crippen molar-refractivity contribution in [1.29, 1.82) is 0 Å². The van der Waals surface area contributed by atoms with Gasteiger partial charge in [-0.25, -0.2) is 0 Å². The van der Waals surface area contributed by atoms with Gasteiger partial charge in [0.05, 0.1) is 27.6 Å². The first kappa shape index (κ1) is 27.7. The van der Waals surface area contributed by atoms with E-state index in [4.69, 9.17) is 13.8 Å². The molecule has 0 aliphatic rings. The van der Waals surface area contributed by atoms with Crippen molar-refractivity contribution in [2.24, 2.45) is 0 Å². The molecule has 0 atom stereocenters. The smallest absolute Gasteiger partial charge is 0.135 e. The molecule has 242 valence electrons. The van der Waals surface area contributed by atoms with E-state index in [0.717, 1.165) is 82.7 Å². The molecule has 0 N–H and O–H groups in total. The summed E-state index contributed by atoms with van der Waals surface area (Å²) in [6.45, 7) is 0. The van der Waals surface area contributed by atoms with Crippen molar-refractivity contribution in [2.75, 3.05) is 0 Å². The Hall–Kier alpha value is -7.11. The van der Waals surface area contributed by atoms with Crippen LogP contribution in [0.25, 0.3) is 110 Å². The SMILES string of the molecule is c1ccc2c(c1)oc1ccc(-c3ccc4c(c3)c3ccccc3n4-c3ccc4c(c3)c3ncccc3n4-c3ccc4oc5ccccc5c4c3)cc12. The maximum atomic E-state index is 6.16. The predicted octanol–water partition coefficient (Wildman–Crippen LogP) is 12.7.